The molecule has 0 aliphatic heterocycles. The third kappa shape index (κ3) is 1.21. The molecule has 0 radical (unpaired) electrons. The molecule has 70 valence electrons. The van der Waals surface area contributed by atoms with Crippen molar-refractivity contribution in [3.8, 4) is 0 Å². The monoisotopic (exact) mass is 184 g/mol. The lowest BCUT2D eigenvalue weighted by Gasteiger charge is -2.25. The average Bonchev–Trinajstić information content (AvgIpc) is 2.31. The van der Waals surface area contributed by atoms with E-state index in [2.05, 4.69) is 0 Å². The Morgan fingerprint density at radius 3 is 1.75 bits per heavy atom. The van der Waals surface area contributed by atoms with Crippen LogP contribution in [0.2, 0.25) is 0 Å². The molecule has 0 atom stereocenters. The largest absolute Gasteiger partial charge is 0.404 e. The van der Waals surface area contributed by atoms with Gasteiger partial charge in [0.15, 0.2) is 5.41 Å². The Morgan fingerprint density at radius 1 is 1.17 bits per heavy atom. The maximum atomic E-state index is 12.2. The first-order valence-corrected chi connectivity index (χ1v) is 3.67. The van der Waals surface area contributed by atoms with Gasteiger partial charge in [-0.05, 0) is 12.8 Å². The molecule has 0 aromatic carbocycles. The van der Waals surface area contributed by atoms with Crippen LogP contribution in [0.4, 0.5) is 17.6 Å². The summed E-state index contributed by atoms with van der Waals surface area (Å²) in [5.74, 6) is 0. The van der Waals surface area contributed by atoms with E-state index in [0.29, 0.717) is 0 Å². The normalized spacial score (nSPS) is 22.7. The maximum absolute atomic E-state index is 12.2. The third-order valence-electron chi connectivity index (χ3n) is 2.38. The Morgan fingerprint density at radius 2 is 1.58 bits per heavy atom. The Balaban J connectivity index is 2.94. The van der Waals surface area contributed by atoms with E-state index in [4.69, 9.17) is 0 Å². The van der Waals surface area contributed by atoms with Crippen LogP contribution in [0.15, 0.2) is 0 Å². The van der Waals surface area contributed by atoms with Crippen LogP contribution in [-0.4, -0.2) is 12.2 Å². The van der Waals surface area contributed by atoms with E-state index in [1.807, 2.05) is 0 Å². The maximum Gasteiger partial charge on any atom is 0.404 e. The summed E-state index contributed by atoms with van der Waals surface area (Å²) in [5.41, 5.74) is -2.67. The van der Waals surface area contributed by atoms with Crippen LogP contribution in [-0.2, 0) is 4.79 Å². The fourth-order valence-corrected chi connectivity index (χ4v) is 1.57. The van der Waals surface area contributed by atoms with Gasteiger partial charge in [0.05, 0.1) is 0 Å². The summed E-state index contributed by atoms with van der Waals surface area (Å²) in [6, 6.07) is -2.23. The first kappa shape index (κ1) is 9.48. The smallest absolute Gasteiger partial charge is 0.260 e. The SMILES string of the molecule is O=C(F)C1(C(F)(F)F)CCCC1. The highest BCUT2D eigenvalue weighted by Crippen LogP contribution is 2.51. The number of alkyl halides is 3. The molecule has 5 heteroatoms. The zero-order valence-corrected chi connectivity index (χ0v) is 6.25. The molecule has 1 rings (SSSR count). The van der Waals surface area contributed by atoms with E-state index in [1.54, 1.807) is 0 Å². The molecule has 1 aliphatic rings. The second-order valence-corrected chi connectivity index (χ2v) is 3.06. The molecule has 0 unspecified atom stereocenters. The van der Waals surface area contributed by atoms with Gasteiger partial charge in [-0.15, -0.1) is 0 Å². The van der Waals surface area contributed by atoms with Crippen molar-refractivity contribution >= 4 is 6.04 Å². The predicted octanol–water partition coefficient (Wildman–Crippen LogP) is 2.61. The zero-order chi connectivity index (χ0) is 9.41. The van der Waals surface area contributed by atoms with Crippen molar-refractivity contribution in [2.24, 2.45) is 5.41 Å². The van der Waals surface area contributed by atoms with Crippen LogP contribution in [0, 0.1) is 5.41 Å². The molecule has 0 aromatic heterocycles. The van der Waals surface area contributed by atoms with Gasteiger partial charge in [-0.1, -0.05) is 12.8 Å². The summed E-state index contributed by atoms with van der Waals surface area (Å²) in [4.78, 5) is 10.2. The minimum absolute atomic E-state index is 0.273. The molecule has 1 aliphatic carbocycles. The van der Waals surface area contributed by atoms with Gasteiger partial charge in [-0.2, -0.15) is 17.6 Å². The van der Waals surface area contributed by atoms with Crippen molar-refractivity contribution in [3.05, 3.63) is 0 Å². The number of halogens is 4. The summed E-state index contributed by atoms with van der Waals surface area (Å²) in [6.45, 7) is 0. The molecule has 12 heavy (non-hydrogen) atoms. The van der Waals surface area contributed by atoms with Crippen molar-refractivity contribution in [1.82, 2.24) is 0 Å². The molecular formula is C7H8F4O. The number of hydrogen-bond donors (Lipinski definition) is 0. The number of hydrogen-bond acceptors (Lipinski definition) is 1. The molecule has 1 nitrogen and oxygen atoms in total. The zero-order valence-electron chi connectivity index (χ0n) is 6.25. The van der Waals surface area contributed by atoms with E-state index in [-0.39, 0.29) is 12.8 Å². The van der Waals surface area contributed by atoms with Crippen LogP contribution in [0.5, 0.6) is 0 Å². The topological polar surface area (TPSA) is 17.1 Å². The minimum Gasteiger partial charge on any atom is -0.260 e. The average molecular weight is 184 g/mol. The van der Waals surface area contributed by atoms with Crippen molar-refractivity contribution < 1.29 is 22.4 Å². The van der Waals surface area contributed by atoms with Crippen LogP contribution >= 0.6 is 0 Å². The molecule has 0 heterocycles. The highest BCUT2D eigenvalue weighted by atomic mass is 19.4. The molecule has 0 saturated heterocycles. The van der Waals surface area contributed by atoms with E-state index >= 15 is 0 Å². The van der Waals surface area contributed by atoms with Gasteiger partial charge in [0.25, 0.3) is 0 Å². The molecule has 0 spiro atoms. The number of rotatable bonds is 1. The summed E-state index contributed by atoms with van der Waals surface area (Å²) in [6.07, 6.45) is -4.97. The molecule has 0 bridgehead atoms. The molecule has 0 aromatic rings. The van der Waals surface area contributed by atoms with E-state index in [1.165, 1.54) is 0 Å². The summed E-state index contributed by atoms with van der Waals surface area (Å²) in [5, 5.41) is 0. The first-order valence-electron chi connectivity index (χ1n) is 3.67. The summed E-state index contributed by atoms with van der Waals surface area (Å²) in [7, 11) is 0. The number of carbonyl (C=O) groups excluding carboxylic acids is 1. The van der Waals surface area contributed by atoms with Gasteiger partial charge in [-0.3, -0.25) is 4.79 Å². The Bertz CT molecular complexity index is 190. The fourth-order valence-electron chi connectivity index (χ4n) is 1.57. The Labute approximate surface area is 66.7 Å². The van der Waals surface area contributed by atoms with Gasteiger partial charge in [0.1, 0.15) is 0 Å². The van der Waals surface area contributed by atoms with Gasteiger partial charge in [-0.25, -0.2) is 0 Å². The van der Waals surface area contributed by atoms with E-state index < -0.39 is 30.5 Å². The van der Waals surface area contributed by atoms with E-state index in [0.717, 1.165) is 0 Å². The Hall–Kier alpha value is -0.610. The van der Waals surface area contributed by atoms with Crippen molar-refractivity contribution in [2.45, 2.75) is 31.9 Å². The molecule has 0 N–H and O–H groups in total. The lowest BCUT2D eigenvalue weighted by atomic mass is 9.86. The van der Waals surface area contributed by atoms with Crippen LogP contribution in [0.3, 0.4) is 0 Å². The highest BCUT2D eigenvalue weighted by molar-refractivity contribution is 5.77. The number of carbonyl (C=O) groups is 1. The third-order valence-corrected chi connectivity index (χ3v) is 2.38. The minimum atomic E-state index is -4.73. The van der Waals surface area contributed by atoms with Crippen LogP contribution in [0.1, 0.15) is 25.7 Å². The summed E-state index contributed by atoms with van der Waals surface area (Å²) < 4.78 is 48.8. The first-order chi connectivity index (χ1) is 5.40. The fraction of sp³-hybridized carbons (Fsp3) is 0.857. The van der Waals surface area contributed by atoms with Gasteiger partial charge in [0, 0.05) is 0 Å². The van der Waals surface area contributed by atoms with E-state index in [9.17, 15) is 22.4 Å². The standard InChI is InChI=1S/C7H8F4O/c8-5(12)6(7(9,10)11)3-1-2-4-6/h1-4H2. The lowest BCUT2D eigenvalue weighted by Crippen LogP contribution is -2.40. The Kier molecular flexibility index (Phi) is 2.14. The predicted molar refractivity (Wildman–Crippen MR) is 33.1 cm³/mol. The second kappa shape index (κ2) is 2.71. The molecule has 1 saturated carbocycles. The summed E-state index contributed by atoms with van der Waals surface area (Å²) >= 11 is 0. The lowest BCUT2D eigenvalue weighted by molar-refractivity contribution is -0.225. The molecule has 1 fully saturated rings. The molecule has 0 amide bonds. The van der Waals surface area contributed by atoms with Crippen molar-refractivity contribution in [2.75, 3.05) is 0 Å². The quantitative estimate of drug-likeness (QED) is 0.452. The second-order valence-electron chi connectivity index (χ2n) is 3.06. The van der Waals surface area contributed by atoms with Crippen molar-refractivity contribution in [3.63, 3.8) is 0 Å². The van der Waals surface area contributed by atoms with Gasteiger partial charge in [0.2, 0.25) is 0 Å². The van der Waals surface area contributed by atoms with Crippen LogP contribution < -0.4 is 0 Å². The van der Waals surface area contributed by atoms with Crippen molar-refractivity contribution in [1.29, 1.82) is 0 Å². The van der Waals surface area contributed by atoms with Crippen LogP contribution in [0.25, 0.3) is 0 Å². The van der Waals surface area contributed by atoms with Gasteiger partial charge < -0.3 is 0 Å². The molecular weight excluding hydrogens is 176 g/mol. The highest BCUT2D eigenvalue weighted by Gasteiger charge is 2.61. The van der Waals surface area contributed by atoms with Gasteiger partial charge >= 0.3 is 12.2 Å².